The van der Waals surface area contributed by atoms with E-state index in [0.29, 0.717) is 0 Å². The van der Waals surface area contributed by atoms with Gasteiger partial charge in [0.1, 0.15) is 0 Å². The fourth-order valence-electron chi connectivity index (χ4n) is 2.03. The summed E-state index contributed by atoms with van der Waals surface area (Å²) in [6.07, 6.45) is 6.47. The Bertz CT molecular complexity index is 534. The number of halogens is 1. The minimum Gasteiger partial charge on any atom is -0.307 e. The van der Waals surface area contributed by atoms with Crippen molar-refractivity contribution >= 4 is 15.9 Å². The molecular weight excluding hydrogens is 306 g/mol. The van der Waals surface area contributed by atoms with E-state index < -0.39 is 0 Å². The van der Waals surface area contributed by atoms with Crippen molar-refractivity contribution in [2.75, 3.05) is 7.05 Å². The van der Waals surface area contributed by atoms with Crippen molar-refractivity contribution in [1.29, 1.82) is 0 Å². The van der Waals surface area contributed by atoms with Crippen molar-refractivity contribution < 1.29 is 0 Å². The van der Waals surface area contributed by atoms with Crippen molar-refractivity contribution in [1.82, 2.24) is 25.1 Å². The van der Waals surface area contributed by atoms with Crippen LogP contribution in [0.4, 0.5) is 0 Å². The van der Waals surface area contributed by atoms with E-state index in [1.807, 2.05) is 31.0 Å². The van der Waals surface area contributed by atoms with Gasteiger partial charge in [0.15, 0.2) is 0 Å². The largest absolute Gasteiger partial charge is 0.307 e. The maximum atomic E-state index is 4.46. The first-order valence-electron chi connectivity index (χ1n) is 6.34. The molecule has 102 valence electrons. The van der Waals surface area contributed by atoms with Gasteiger partial charge in [0.25, 0.3) is 0 Å². The predicted molar refractivity (Wildman–Crippen MR) is 77.9 cm³/mol. The number of nitrogens with one attached hydrogen (secondary N) is 1. The van der Waals surface area contributed by atoms with E-state index >= 15 is 0 Å². The van der Waals surface area contributed by atoms with E-state index in [9.17, 15) is 0 Å². The highest BCUT2D eigenvalue weighted by atomic mass is 79.9. The van der Waals surface area contributed by atoms with E-state index in [1.165, 1.54) is 0 Å². The zero-order valence-electron chi connectivity index (χ0n) is 11.4. The van der Waals surface area contributed by atoms with Gasteiger partial charge in [-0.2, -0.15) is 5.10 Å². The van der Waals surface area contributed by atoms with Gasteiger partial charge in [-0.3, -0.25) is 14.6 Å². The highest BCUT2D eigenvalue weighted by Crippen LogP contribution is 2.27. The van der Waals surface area contributed by atoms with Gasteiger partial charge in [-0.05, 0) is 36.3 Å². The van der Waals surface area contributed by atoms with Crippen LogP contribution < -0.4 is 5.32 Å². The quantitative estimate of drug-likeness (QED) is 0.918. The summed E-state index contributed by atoms with van der Waals surface area (Å²) >= 11 is 3.57. The molecule has 0 radical (unpaired) electrons. The molecule has 0 bridgehead atoms. The van der Waals surface area contributed by atoms with Crippen LogP contribution in [0.15, 0.2) is 23.1 Å². The van der Waals surface area contributed by atoms with Crippen molar-refractivity contribution in [2.24, 2.45) is 0 Å². The molecule has 0 aliphatic rings. The molecule has 6 heteroatoms. The van der Waals surface area contributed by atoms with Crippen LogP contribution in [0.2, 0.25) is 0 Å². The molecule has 5 nitrogen and oxygen atoms in total. The Labute approximate surface area is 121 Å². The van der Waals surface area contributed by atoms with Gasteiger partial charge in [-0.15, -0.1) is 0 Å². The lowest BCUT2D eigenvalue weighted by molar-refractivity contribution is 0.527. The summed E-state index contributed by atoms with van der Waals surface area (Å²) in [7, 11) is 1.92. The van der Waals surface area contributed by atoms with Gasteiger partial charge in [-0.1, -0.05) is 6.92 Å². The maximum Gasteiger partial charge on any atom is 0.0946 e. The van der Waals surface area contributed by atoms with E-state index in [4.69, 9.17) is 0 Å². The third-order valence-corrected chi connectivity index (χ3v) is 3.54. The van der Waals surface area contributed by atoms with E-state index in [1.54, 1.807) is 6.20 Å². The molecule has 2 rings (SSSR count). The van der Waals surface area contributed by atoms with Gasteiger partial charge >= 0.3 is 0 Å². The first-order valence-corrected chi connectivity index (χ1v) is 7.13. The topological polar surface area (TPSA) is 55.6 Å². The van der Waals surface area contributed by atoms with E-state index in [-0.39, 0.29) is 6.04 Å². The van der Waals surface area contributed by atoms with E-state index in [0.717, 1.165) is 34.5 Å². The molecule has 2 aromatic heterocycles. The van der Waals surface area contributed by atoms with Crippen LogP contribution in [-0.4, -0.2) is 26.8 Å². The molecule has 19 heavy (non-hydrogen) atoms. The highest BCUT2D eigenvalue weighted by molar-refractivity contribution is 9.10. The lowest BCUT2D eigenvalue weighted by Gasteiger charge is -2.18. The SMILES string of the molecule is CCCn1ncc(Br)c1C(NC)c1cnc(C)cn1. The summed E-state index contributed by atoms with van der Waals surface area (Å²) < 4.78 is 3.00. The average molecular weight is 324 g/mol. The number of nitrogens with zero attached hydrogens (tertiary/aromatic N) is 4. The summed E-state index contributed by atoms with van der Waals surface area (Å²) in [4.78, 5) is 8.78. The minimum absolute atomic E-state index is 0.0171. The Kier molecular flexibility index (Phi) is 4.66. The molecule has 1 unspecified atom stereocenters. The Balaban J connectivity index is 2.41. The second kappa shape index (κ2) is 6.25. The Morgan fingerprint density at radius 3 is 2.68 bits per heavy atom. The number of hydrogen-bond acceptors (Lipinski definition) is 4. The second-order valence-corrected chi connectivity index (χ2v) is 5.26. The predicted octanol–water partition coefficient (Wildman–Crippen LogP) is 2.46. The lowest BCUT2D eigenvalue weighted by Crippen LogP contribution is -2.23. The first-order chi connectivity index (χ1) is 9.17. The van der Waals surface area contributed by atoms with Gasteiger partial charge in [0, 0.05) is 12.7 Å². The van der Waals surface area contributed by atoms with E-state index in [2.05, 4.69) is 43.2 Å². The zero-order chi connectivity index (χ0) is 13.8. The van der Waals surface area contributed by atoms with Crippen LogP contribution in [0.3, 0.4) is 0 Å². The van der Waals surface area contributed by atoms with Crippen molar-refractivity contribution in [3.8, 4) is 0 Å². The third-order valence-electron chi connectivity index (χ3n) is 2.93. The van der Waals surface area contributed by atoms with Crippen LogP contribution in [0.25, 0.3) is 0 Å². The summed E-state index contributed by atoms with van der Waals surface area (Å²) in [6.45, 7) is 4.96. The molecule has 0 amide bonds. The molecule has 0 aliphatic heterocycles. The Hall–Kier alpha value is -1.27. The van der Waals surface area contributed by atoms with Gasteiger partial charge in [0.05, 0.1) is 40.0 Å². The summed E-state index contributed by atoms with van der Waals surface area (Å²) in [5, 5.41) is 7.69. The Morgan fingerprint density at radius 2 is 2.11 bits per heavy atom. The molecule has 0 fully saturated rings. The molecule has 1 N–H and O–H groups in total. The molecule has 0 saturated heterocycles. The molecular formula is C13H18BrN5. The molecule has 0 aromatic carbocycles. The zero-order valence-corrected chi connectivity index (χ0v) is 13.0. The number of hydrogen-bond donors (Lipinski definition) is 1. The maximum absolute atomic E-state index is 4.46. The van der Waals surface area contributed by atoms with Gasteiger partial charge in [0.2, 0.25) is 0 Å². The standard InChI is InChI=1S/C13H18BrN5/c1-4-5-19-13(10(14)7-18-19)12(15-3)11-8-16-9(2)6-17-11/h6-8,12,15H,4-5H2,1-3H3. The molecule has 2 heterocycles. The van der Waals surface area contributed by atoms with Crippen molar-refractivity contribution in [2.45, 2.75) is 32.9 Å². The third kappa shape index (κ3) is 3.01. The molecule has 2 aromatic rings. The summed E-state index contributed by atoms with van der Waals surface area (Å²) in [5.41, 5.74) is 2.90. The lowest BCUT2D eigenvalue weighted by atomic mass is 10.1. The normalized spacial score (nSPS) is 12.6. The molecule has 0 spiro atoms. The first kappa shape index (κ1) is 14.1. The monoisotopic (exact) mass is 323 g/mol. The van der Waals surface area contributed by atoms with Crippen LogP contribution in [0, 0.1) is 6.92 Å². The fourth-order valence-corrected chi connectivity index (χ4v) is 2.55. The number of aryl methyl sites for hydroxylation is 2. The van der Waals surface area contributed by atoms with Crippen LogP contribution >= 0.6 is 15.9 Å². The number of aromatic nitrogens is 4. The van der Waals surface area contributed by atoms with Crippen LogP contribution in [-0.2, 0) is 6.54 Å². The molecule has 1 atom stereocenters. The average Bonchev–Trinajstić information content (AvgIpc) is 2.76. The van der Waals surface area contributed by atoms with Gasteiger partial charge < -0.3 is 5.32 Å². The summed E-state index contributed by atoms with van der Waals surface area (Å²) in [5.74, 6) is 0. The minimum atomic E-state index is -0.0171. The second-order valence-electron chi connectivity index (χ2n) is 4.41. The molecule has 0 aliphatic carbocycles. The van der Waals surface area contributed by atoms with Crippen molar-refractivity contribution in [3.63, 3.8) is 0 Å². The summed E-state index contributed by atoms with van der Waals surface area (Å²) in [6, 6.07) is -0.0171. The number of rotatable bonds is 5. The molecule has 0 saturated carbocycles. The van der Waals surface area contributed by atoms with Crippen LogP contribution in [0.1, 0.15) is 36.5 Å². The smallest absolute Gasteiger partial charge is 0.0946 e. The van der Waals surface area contributed by atoms with Crippen molar-refractivity contribution in [3.05, 3.63) is 40.1 Å². The Morgan fingerprint density at radius 1 is 1.32 bits per heavy atom. The van der Waals surface area contributed by atoms with Gasteiger partial charge in [-0.25, -0.2) is 0 Å². The highest BCUT2D eigenvalue weighted by Gasteiger charge is 2.21. The fraction of sp³-hybridized carbons (Fsp3) is 0.462. The van der Waals surface area contributed by atoms with Crippen LogP contribution in [0.5, 0.6) is 0 Å².